The Kier molecular flexibility index (Phi) is 6.68. The van der Waals surface area contributed by atoms with Gasteiger partial charge in [0.25, 0.3) is 0 Å². The molecule has 1 atom stereocenters. The smallest absolute Gasteiger partial charge is 0.124 e. The number of hydrogen-bond donors (Lipinski definition) is 1. The molecule has 0 aliphatic rings. The van der Waals surface area contributed by atoms with Crippen molar-refractivity contribution in [2.24, 2.45) is 0 Å². The Bertz CT molecular complexity index is 813. The second kappa shape index (κ2) is 9.40. The van der Waals surface area contributed by atoms with Gasteiger partial charge in [-0.2, -0.15) is 0 Å². The van der Waals surface area contributed by atoms with Gasteiger partial charge in [0.05, 0.1) is 6.61 Å². The van der Waals surface area contributed by atoms with E-state index < -0.39 is 0 Å². The van der Waals surface area contributed by atoms with Gasteiger partial charge in [0.15, 0.2) is 0 Å². The highest BCUT2D eigenvalue weighted by molar-refractivity contribution is 5.87. The summed E-state index contributed by atoms with van der Waals surface area (Å²) in [6.07, 6.45) is 3.25. The summed E-state index contributed by atoms with van der Waals surface area (Å²) in [5.74, 6) is 1.01. The van der Waals surface area contributed by atoms with Crippen molar-refractivity contribution < 1.29 is 4.74 Å². The van der Waals surface area contributed by atoms with Crippen molar-refractivity contribution in [1.29, 1.82) is 0 Å². The molecule has 0 amide bonds. The predicted octanol–water partition coefficient (Wildman–Crippen LogP) is 5.74. The van der Waals surface area contributed by atoms with Gasteiger partial charge in [0.2, 0.25) is 0 Å². The number of ether oxygens (including phenoxy) is 1. The van der Waals surface area contributed by atoms with E-state index in [4.69, 9.17) is 4.74 Å². The SMILES string of the molecule is CCCOc1ccc2ccccc2c1CNC(C)CCc1ccccc1. The topological polar surface area (TPSA) is 21.3 Å². The van der Waals surface area contributed by atoms with Gasteiger partial charge in [-0.3, -0.25) is 0 Å². The molecule has 0 saturated carbocycles. The first-order valence-corrected chi connectivity index (χ1v) is 9.68. The molecular formula is C24H29NO. The summed E-state index contributed by atoms with van der Waals surface area (Å²) < 4.78 is 6.02. The fraction of sp³-hybridized carbons (Fsp3) is 0.333. The molecule has 0 saturated heterocycles. The molecule has 136 valence electrons. The van der Waals surface area contributed by atoms with Crippen molar-refractivity contribution in [2.45, 2.75) is 45.7 Å². The molecule has 2 nitrogen and oxygen atoms in total. The van der Waals surface area contributed by atoms with E-state index in [0.717, 1.165) is 38.2 Å². The minimum absolute atomic E-state index is 0.452. The Morgan fingerprint density at radius 1 is 0.923 bits per heavy atom. The molecule has 0 aliphatic carbocycles. The second-order valence-corrected chi connectivity index (χ2v) is 6.92. The fourth-order valence-corrected chi connectivity index (χ4v) is 3.25. The third-order valence-corrected chi connectivity index (χ3v) is 4.80. The number of fused-ring (bicyclic) bond motifs is 1. The molecule has 0 radical (unpaired) electrons. The molecule has 0 fully saturated rings. The van der Waals surface area contributed by atoms with Crippen LogP contribution in [0.15, 0.2) is 66.7 Å². The molecule has 0 bridgehead atoms. The molecular weight excluding hydrogens is 318 g/mol. The van der Waals surface area contributed by atoms with E-state index in [1.54, 1.807) is 0 Å². The van der Waals surface area contributed by atoms with Crippen LogP contribution in [0.1, 0.15) is 37.8 Å². The minimum atomic E-state index is 0.452. The summed E-state index contributed by atoms with van der Waals surface area (Å²) in [5.41, 5.74) is 2.67. The van der Waals surface area contributed by atoms with Crippen molar-refractivity contribution >= 4 is 10.8 Å². The standard InChI is InChI=1S/C24H29NO/c1-3-17-26-24-16-15-21-11-7-8-12-22(21)23(24)18-25-19(2)13-14-20-9-5-4-6-10-20/h4-12,15-16,19,25H,3,13-14,17-18H2,1-2H3. The van der Waals surface area contributed by atoms with Gasteiger partial charge < -0.3 is 10.1 Å². The van der Waals surface area contributed by atoms with Crippen LogP contribution in [0.5, 0.6) is 5.75 Å². The second-order valence-electron chi connectivity index (χ2n) is 6.92. The average Bonchev–Trinajstić information content (AvgIpc) is 2.70. The zero-order valence-corrected chi connectivity index (χ0v) is 15.9. The first kappa shape index (κ1) is 18.5. The normalized spacial score (nSPS) is 12.2. The Labute approximate surface area is 157 Å². The molecule has 2 heteroatoms. The number of nitrogens with one attached hydrogen (secondary N) is 1. The molecule has 3 aromatic carbocycles. The number of rotatable bonds is 9. The van der Waals surface area contributed by atoms with Crippen molar-refractivity contribution in [3.63, 3.8) is 0 Å². The summed E-state index contributed by atoms with van der Waals surface area (Å²) in [6.45, 7) is 6.00. The van der Waals surface area contributed by atoms with Crippen LogP contribution in [0.3, 0.4) is 0 Å². The fourth-order valence-electron chi connectivity index (χ4n) is 3.25. The van der Waals surface area contributed by atoms with E-state index in [2.05, 4.69) is 85.9 Å². The monoisotopic (exact) mass is 347 g/mol. The van der Waals surface area contributed by atoms with E-state index in [-0.39, 0.29) is 0 Å². The highest BCUT2D eigenvalue weighted by atomic mass is 16.5. The van der Waals surface area contributed by atoms with Gasteiger partial charge >= 0.3 is 0 Å². The molecule has 0 spiro atoms. The van der Waals surface area contributed by atoms with Gasteiger partial charge in [-0.05, 0) is 48.6 Å². The maximum Gasteiger partial charge on any atom is 0.124 e. The lowest BCUT2D eigenvalue weighted by atomic mass is 10.0. The van der Waals surface area contributed by atoms with Crippen LogP contribution in [0.25, 0.3) is 10.8 Å². The van der Waals surface area contributed by atoms with E-state index in [0.29, 0.717) is 6.04 Å². The van der Waals surface area contributed by atoms with Crippen LogP contribution in [0.2, 0.25) is 0 Å². The van der Waals surface area contributed by atoms with Crippen LogP contribution < -0.4 is 10.1 Å². The number of aryl methyl sites for hydroxylation is 1. The van der Waals surface area contributed by atoms with Crippen molar-refractivity contribution in [1.82, 2.24) is 5.32 Å². The third kappa shape index (κ3) is 4.86. The summed E-state index contributed by atoms with van der Waals surface area (Å²) in [6, 6.07) is 24.0. The van der Waals surface area contributed by atoms with Gasteiger partial charge in [-0.25, -0.2) is 0 Å². The summed E-state index contributed by atoms with van der Waals surface area (Å²) in [4.78, 5) is 0. The summed E-state index contributed by atoms with van der Waals surface area (Å²) >= 11 is 0. The highest BCUT2D eigenvalue weighted by Gasteiger charge is 2.10. The van der Waals surface area contributed by atoms with Crippen molar-refractivity contribution in [2.75, 3.05) is 6.61 Å². The lowest BCUT2D eigenvalue weighted by Crippen LogP contribution is -2.26. The van der Waals surface area contributed by atoms with Gasteiger partial charge in [0, 0.05) is 18.2 Å². The molecule has 1 N–H and O–H groups in total. The van der Waals surface area contributed by atoms with E-state index in [9.17, 15) is 0 Å². The zero-order valence-electron chi connectivity index (χ0n) is 15.9. The molecule has 3 aromatic rings. The van der Waals surface area contributed by atoms with E-state index >= 15 is 0 Å². The van der Waals surface area contributed by atoms with E-state index in [1.807, 2.05) is 0 Å². The maximum absolute atomic E-state index is 6.02. The number of hydrogen-bond acceptors (Lipinski definition) is 2. The van der Waals surface area contributed by atoms with Gasteiger partial charge in [-0.15, -0.1) is 0 Å². The Morgan fingerprint density at radius 2 is 1.69 bits per heavy atom. The molecule has 0 aromatic heterocycles. The van der Waals surface area contributed by atoms with Gasteiger partial charge in [-0.1, -0.05) is 67.6 Å². The minimum Gasteiger partial charge on any atom is -0.493 e. The lowest BCUT2D eigenvalue weighted by Gasteiger charge is -2.18. The molecule has 0 aliphatic heterocycles. The van der Waals surface area contributed by atoms with Crippen molar-refractivity contribution in [3.8, 4) is 5.75 Å². The first-order chi connectivity index (χ1) is 12.8. The predicted molar refractivity (Wildman–Crippen MR) is 111 cm³/mol. The average molecular weight is 348 g/mol. The Hall–Kier alpha value is -2.32. The molecule has 3 rings (SSSR count). The van der Waals surface area contributed by atoms with Crippen molar-refractivity contribution in [3.05, 3.63) is 77.9 Å². The van der Waals surface area contributed by atoms with Crippen LogP contribution >= 0.6 is 0 Å². The Balaban J connectivity index is 1.68. The largest absolute Gasteiger partial charge is 0.493 e. The molecule has 26 heavy (non-hydrogen) atoms. The maximum atomic E-state index is 6.02. The lowest BCUT2D eigenvalue weighted by molar-refractivity contribution is 0.313. The van der Waals surface area contributed by atoms with Crippen LogP contribution in [0.4, 0.5) is 0 Å². The zero-order chi connectivity index (χ0) is 18.2. The summed E-state index contributed by atoms with van der Waals surface area (Å²) in [7, 11) is 0. The first-order valence-electron chi connectivity index (χ1n) is 9.68. The molecule has 1 unspecified atom stereocenters. The van der Waals surface area contributed by atoms with Gasteiger partial charge in [0.1, 0.15) is 5.75 Å². The number of benzene rings is 3. The van der Waals surface area contributed by atoms with Crippen LogP contribution in [0, 0.1) is 0 Å². The molecule has 0 heterocycles. The van der Waals surface area contributed by atoms with E-state index in [1.165, 1.54) is 21.9 Å². The third-order valence-electron chi connectivity index (χ3n) is 4.80. The van der Waals surface area contributed by atoms with Crippen LogP contribution in [-0.2, 0) is 13.0 Å². The quantitative estimate of drug-likeness (QED) is 0.533. The summed E-state index contributed by atoms with van der Waals surface area (Å²) in [5, 5.41) is 6.25. The Morgan fingerprint density at radius 3 is 2.50 bits per heavy atom. The van der Waals surface area contributed by atoms with Crippen LogP contribution in [-0.4, -0.2) is 12.6 Å². The highest BCUT2D eigenvalue weighted by Crippen LogP contribution is 2.28.